The van der Waals surface area contributed by atoms with Crippen molar-refractivity contribution in [2.75, 3.05) is 31.1 Å². The molecule has 0 aromatic heterocycles. The highest BCUT2D eigenvalue weighted by atomic mass is 32.2. The molecule has 8 heteroatoms. The third kappa shape index (κ3) is 3.96. The molecule has 2 N–H and O–H groups in total. The molecule has 1 heterocycles. The zero-order chi connectivity index (χ0) is 17.9. The lowest BCUT2D eigenvalue weighted by molar-refractivity contribution is -0.145. The number of hydrogen-bond acceptors (Lipinski definition) is 4. The van der Waals surface area contributed by atoms with E-state index in [-0.39, 0.29) is 0 Å². The SMILES string of the molecule is O=C(O)C1(NS(=O)(=O)N2CCN(c3ccccc3)CC2)CCCCC1. The largest absolute Gasteiger partial charge is 0.480 e. The van der Waals surface area contributed by atoms with Gasteiger partial charge >= 0.3 is 5.97 Å². The first-order chi connectivity index (χ1) is 11.9. The van der Waals surface area contributed by atoms with Gasteiger partial charge in [-0.05, 0) is 25.0 Å². The number of carboxylic acids is 1. The molecule has 1 aliphatic heterocycles. The second-order valence-electron chi connectivity index (χ2n) is 6.78. The Labute approximate surface area is 148 Å². The molecule has 1 aromatic carbocycles. The van der Waals surface area contributed by atoms with Gasteiger partial charge in [0.15, 0.2) is 0 Å². The number of para-hydroxylation sites is 1. The highest BCUT2D eigenvalue weighted by Crippen LogP contribution is 2.30. The number of nitrogens with zero attached hydrogens (tertiary/aromatic N) is 2. The molecule has 25 heavy (non-hydrogen) atoms. The van der Waals surface area contributed by atoms with Crippen LogP contribution in [0.25, 0.3) is 0 Å². The van der Waals surface area contributed by atoms with Gasteiger partial charge in [0.2, 0.25) is 0 Å². The Morgan fingerprint density at radius 2 is 1.60 bits per heavy atom. The number of carbonyl (C=O) groups is 1. The summed E-state index contributed by atoms with van der Waals surface area (Å²) in [6.07, 6.45) is 3.12. The van der Waals surface area contributed by atoms with Crippen molar-refractivity contribution in [1.29, 1.82) is 0 Å². The molecule has 2 aliphatic rings. The molecular weight excluding hydrogens is 342 g/mol. The van der Waals surface area contributed by atoms with E-state index in [9.17, 15) is 18.3 Å². The zero-order valence-corrected chi connectivity index (χ0v) is 15.0. The number of hydrogen-bond donors (Lipinski definition) is 2. The van der Waals surface area contributed by atoms with Crippen LogP contribution < -0.4 is 9.62 Å². The summed E-state index contributed by atoms with van der Waals surface area (Å²) < 4.78 is 29.4. The molecular formula is C17H25N3O4S. The Kier molecular flexibility index (Phi) is 5.31. The van der Waals surface area contributed by atoms with Crippen LogP contribution in [-0.2, 0) is 15.0 Å². The fourth-order valence-electron chi connectivity index (χ4n) is 3.65. The van der Waals surface area contributed by atoms with Gasteiger partial charge in [0.05, 0.1) is 0 Å². The minimum Gasteiger partial charge on any atom is -0.480 e. The van der Waals surface area contributed by atoms with Gasteiger partial charge in [-0.15, -0.1) is 0 Å². The summed E-state index contributed by atoms with van der Waals surface area (Å²) >= 11 is 0. The van der Waals surface area contributed by atoms with E-state index in [1.807, 2.05) is 30.3 Å². The minimum absolute atomic E-state index is 0.347. The van der Waals surface area contributed by atoms with Crippen molar-refractivity contribution in [2.24, 2.45) is 0 Å². The molecule has 1 aromatic rings. The average molecular weight is 367 g/mol. The first-order valence-corrected chi connectivity index (χ1v) is 10.2. The van der Waals surface area contributed by atoms with E-state index in [0.717, 1.165) is 24.9 Å². The fourth-order valence-corrected chi connectivity index (χ4v) is 5.21. The highest BCUT2D eigenvalue weighted by Gasteiger charge is 2.44. The third-order valence-electron chi connectivity index (χ3n) is 5.14. The summed E-state index contributed by atoms with van der Waals surface area (Å²) in [5.41, 5.74) is -0.282. The highest BCUT2D eigenvalue weighted by molar-refractivity contribution is 7.87. The van der Waals surface area contributed by atoms with Crippen LogP contribution in [0.1, 0.15) is 32.1 Å². The molecule has 1 aliphatic carbocycles. The third-order valence-corrected chi connectivity index (χ3v) is 6.83. The lowest BCUT2D eigenvalue weighted by Crippen LogP contribution is -2.61. The van der Waals surface area contributed by atoms with Crippen molar-refractivity contribution in [2.45, 2.75) is 37.6 Å². The summed E-state index contributed by atoms with van der Waals surface area (Å²) in [5, 5.41) is 9.59. The van der Waals surface area contributed by atoms with Crippen molar-refractivity contribution in [3.8, 4) is 0 Å². The van der Waals surface area contributed by atoms with E-state index in [1.54, 1.807) is 0 Å². The van der Waals surface area contributed by atoms with Gasteiger partial charge in [-0.2, -0.15) is 17.4 Å². The summed E-state index contributed by atoms with van der Waals surface area (Å²) in [4.78, 5) is 13.9. The van der Waals surface area contributed by atoms with E-state index in [4.69, 9.17) is 0 Å². The van der Waals surface area contributed by atoms with Gasteiger partial charge in [0.1, 0.15) is 5.54 Å². The van der Waals surface area contributed by atoms with Crippen LogP contribution in [0, 0.1) is 0 Å². The van der Waals surface area contributed by atoms with Crippen LogP contribution >= 0.6 is 0 Å². The molecule has 0 atom stereocenters. The van der Waals surface area contributed by atoms with Crippen LogP contribution in [0.3, 0.4) is 0 Å². The molecule has 1 saturated carbocycles. The second kappa shape index (κ2) is 7.31. The molecule has 7 nitrogen and oxygen atoms in total. The molecule has 3 rings (SSSR count). The molecule has 0 amide bonds. The maximum absolute atomic E-state index is 12.7. The molecule has 138 valence electrons. The van der Waals surface area contributed by atoms with Crippen LogP contribution in [0.15, 0.2) is 30.3 Å². The Morgan fingerprint density at radius 3 is 2.16 bits per heavy atom. The molecule has 1 saturated heterocycles. The minimum atomic E-state index is -3.82. The van der Waals surface area contributed by atoms with Crippen LogP contribution in [0.2, 0.25) is 0 Å². The quantitative estimate of drug-likeness (QED) is 0.822. The van der Waals surface area contributed by atoms with E-state index in [1.165, 1.54) is 4.31 Å². The van der Waals surface area contributed by atoms with Crippen LogP contribution in [0.4, 0.5) is 5.69 Å². The normalized spacial score (nSPS) is 21.8. The Hall–Kier alpha value is -1.64. The summed E-state index contributed by atoms with van der Waals surface area (Å²) in [7, 11) is -3.82. The zero-order valence-electron chi connectivity index (χ0n) is 14.2. The lowest BCUT2D eigenvalue weighted by Gasteiger charge is -2.39. The summed E-state index contributed by atoms with van der Waals surface area (Å²) in [6.45, 7) is 1.87. The molecule has 0 radical (unpaired) electrons. The van der Waals surface area contributed by atoms with Crippen molar-refractivity contribution in [3.05, 3.63) is 30.3 Å². The molecule has 0 bridgehead atoms. The van der Waals surface area contributed by atoms with E-state index in [2.05, 4.69) is 9.62 Å². The Balaban J connectivity index is 1.66. The number of nitrogens with one attached hydrogen (secondary N) is 1. The number of piperazine rings is 1. The van der Waals surface area contributed by atoms with Crippen molar-refractivity contribution in [1.82, 2.24) is 9.03 Å². The smallest absolute Gasteiger partial charge is 0.324 e. The van der Waals surface area contributed by atoms with E-state index in [0.29, 0.717) is 39.0 Å². The number of carboxylic acid groups (broad SMARTS) is 1. The topological polar surface area (TPSA) is 89.9 Å². The van der Waals surface area contributed by atoms with Crippen molar-refractivity contribution < 1.29 is 18.3 Å². The fraction of sp³-hybridized carbons (Fsp3) is 0.588. The Morgan fingerprint density at radius 1 is 1.00 bits per heavy atom. The number of aliphatic carboxylic acids is 1. The van der Waals surface area contributed by atoms with Gasteiger partial charge in [-0.25, -0.2) is 0 Å². The van der Waals surface area contributed by atoms with Crippen LogP contribution in [-0.4, -0.2) is 55.5 Å². The predicted octanol–water partition coefficient (Wildman–Crippen LogP) is 1.43. The maximum Gasteiger partial charge on any atom is 0.324 e. The van der Waals surface area contributed by atoms with Crippen LogP contribution in [0.5, 0.6) is 0 Å². The lowest BCUT2D eigenvalue weighted by atomic mass is 9.83. The standard InChI is InChI=1S/C17H25N3O4S/c21-16(22)17(9-5-2-6-10-17)18-25(23,24)20-13-11-19(12-14-20)15-7-3-1-4-8-15/h1,3-4,7-8,18H,2,5-6,9-14H2,(H,21,22). The summed E-state index contributed by atoms with van der Waals surface area (Å²) in [6, 6.07) is 9.87. The second-order valence-corrected chi connectivity index (χ2v) is 8.45. The van der Waals surface area contributed by atoms with Gasteiger partial charge in [-0.3, -0.25) is 4.79 Å². The maximum atomic E-state index is 12.7. The number of benzene rings is 1. The molecule has 0 unspecified atom stereocenters. The van der Waals surface area contributed by atoms with Crippen molar-refractivity contribution in [3.63, 3.8) is 0 Å². The number of anilines is 1. The first-order valence-electron chi connectivity index (χ1n) is 8.75. The van der Waals surface area contributed by atoms with E-state index >= 15 is 0 Å². The average Bonchev–Trinajstić information content (AvgIpc) is 2.63. The van der Waals surface area contributed by atoms with Crippen molar-refractivity contribution >= 4 is 21.9 Å². The van der Waals surface area contributed by atoms with Gasteiger partial charge in [0.25, 0.3) is 10.2 Å². The van der Waals surface area contributed by atoms with Gasteiger partial charge in [0, 0.05) is 31.9 Å². The van der Waals surface area contributed by atoms with Gasteiger partial charge in [-0.1, -0.05) is 37.5 Å². The molecule has 0 spiro atoms. The Bertz CT molecular complexity index is 694. The van der Waals surface area contributed by atoms with Gasteiger partial charge < -0.3 is 10.0 Å². The molecule has 2 fully saturated rings. The summed E-state index contributed by atoms with van der Waals surface area (Å²) in [5.74, 6) is -1.07. The predicted molar refractivity (Wildman–Crippen MR) is 95.7 cm³/mol. The number of rotatable bonds is 5. The monoisotopic (exact) mass is 367 g/mol. The van der Waals surface area contributed by atoms with E-state index < -0.39 is 21.7 Å². The first kappa shape index (κ1) is 18.2.